The number of ether oxygens (including phenoxy) is 3. The van der Waals surface area contributed by atoms with E-state index >= 15 is 0 Å². The van der Waals surface area contributed by atoms with E-state index in [9.17, 15) is 9.59 Å². The third-order valence-corrected chi connectivity index (χ3v) is 6.11. The Morgan fingerprint density at radius 1 is 1.18 bits per heavy atom. The zero-order chi connectivity index (χ0) is 19.8. The molecular weight excluding hydrogens is 382 g/mol. The number of aromatic nitrogens is 1. The second kappa shape index (κ2) is 7.23. The molecule has 9 heteroatoms. The first kappa shape index (κ1) is 18.4. The van der Waals surface area contributed by atoms with E-state index in [1.807, 2.05) is 6.07 Å². The molecule has 1 aromatic heterocycles. The van der Waals surface area contributed by atoms with Gasteiger partial charge in [-0.05, 0) is 12.1 Å². The number of amides is 2. The Kier molecular flexibility index (Phi) is 4.76. The summed E-state index contributed by atoms with van der Waals surface area (Å²) in [6, 6.07) is 6.42. The molecule has 0 bridgehead atoms. The van der Waals surface area contributed by atoms with E-state index in [4.69, 9.17) is 14.2 Å². The average molecular weight is 401 g/mol. The largest absolute Gasteiger partial charge is 0.493 e. The number of thioether (sulfide) groups is 1. The van der Waals surface area contributed by atoms with Crippen LogP contribution in [0.3, 0.4) is 0 Å². The second-order valence-electron chi connectivity index (χ2n) is 6.26. The molecule has 2 aliphatic heterocycles. The standard InChI is InChI=1S/C19H19N3O5S/c1-25-13-6-5-11-15(16(13)27-3)18(24)22-12(9-28-19(11)22)17(23)21-10-4-7-14(26-2)20-8-10/h4-8,12,19H,9H2,1-3H3,(H,21,23)/t12-,19+/m0/s1. The predicted molar refractivity (Wildman–Crippen MR) is 104 cm³/mol. The van der Waals surface area contributed by atoms with Crippen molar-refractivity contribution in [1.82, 2.24) is 9.88 Å². The van der Waals surface area contributed by atoms with E-state index < -0.39 is 6.04 Å². The maximum absolute atomic E-state index is 13.1. The molecule has 2 aliphatic rings. The van der Waals surface area contributed by atoms with Gasteiger partial charge in [-0.2, -0.15) is 0 Å². The summed E-state index contributed by atoms with van der Waals surface area (Å²) in [5.41, 5.74) is 1.85. The number of nitrogens with zero attached hydrogens (tertiary/aromatic N) is 2. The van der Waals surface area contributed by atoms with Gasteiger partial charge in [0.15, 0.2) is 11.5 Å². The fraction of sp³-hybridized carbons (Fsp3) is 0.316. The number of hydrogen-bond donors (Lipinski definition) is 1. The molecule has 1 fully saturated rings. The molecule has 28 heavy (non-hydrogen) atoms. The first-order chi connectivity index (χ1) is 13.6. The molecule has 3 heterocycles. The van der Waals surface area contributed by atoms with Crippen molar-refractivity contribution < 1.29 is 23.8 Å². The fourth-order valence-electron chi connectivity index (χ4n) is 3.49. The maximum Gasteiger partial charge on any atom is 0.260 e. The summed E-state index contributed by atoms with van der Waals surface area (Å²) >= 11 is 1.56. The Morgan fingerprint density at radius 3 is 2.64 bits per heavy atom. The summed E-state index contributed by atoms with van der Waals surface area (Å²) in [6.07, 6.45) is 1.52. The molecule has 4 rings (SSSR count). The lowest BCUT2D eigenvalue weighted by Gasteiger charge is -2.22. The van der Waals surface area contributed by atoms with E-state index in [-0.39, 0.29) is 17.2 Å². The summed E-state index contributed by atoms with van der Waals surface area (Å²) in [7, 11) is 4.55. The zero-order valence-electron chi connectivity index (χ0n) is 15.6. The van der Waals surface area contributed by atoms with Gasteiger partial charge in [-0.25, -0.2) is 4.98 Å². The van der Waals surface area contributed by atoms with Crippen molar-refractivity contribution in [3.05, 3.63) is 41.6 Å². The van der Waals surface area contributed by atoms with Crippen LogP contribution in [0.1, 0.15) is 21.3 Å². The Balaban J connectivity index is 1.59. The van der Waals surface area contributed by atoms with Gasteiger partial charge in [0, 0.05) is 17.4 Å². The second-order valence-corrected chi connectivity index (χ2v) is 7.37. The number of nitrogens with one attached hydrogen (secondary N) is 1. The highest BCUT2D eigenvalue weighted by atomic mass is 32.2. The summed E-state index contributed by atoms with van der Waals surface area (Å²) < 4.78 is 15.7. The molecule has 1 aromatic carbocycles. The van der Waals surface area contributed by atoms with Crippen molar-refractivity contribution in [2.24, 2.45) is 0 Å². The van der Waals surface area contributed by atoms with Crippen LogP contribution in [-0.2, 0) is 4.79 Å². The SMILES string of the molecule is COc1ccc(NC(=O)[C@@H]2CS[C@@H]3c4ccc(OC)c(OC)c4C(=O)N32)cn1. The average Bonchev–Trinajstić information content (AvgIpc) is 3.28. The zero-order valence-corrected chi connectivity index (χ0v) is 16.4. The molecule has 2 atom stereocenters. The number of pyridine rings is 1. The number of fused-ring (bicyclic) bond motifs is 3. The van der Waals surface area contributed by atoms with E-state index in [0.717, 1.165) is 5.56 Å². The van der Waals surface area contributed by atoms with E-state index in [2.05, 4.69) is 10.3 Å². The minimum absolute atomic E-state index is 0.216. The molecular formula is C19H19N3O5S. The van der Waals surface area contributed by atoms with Gasteiger partial charge in [-0.1, -0.05) is 6.07 Å². The monoisotopic (exact) mass is 401 g/mol. The van der Waals surface area contributed by atoms with Gasteiger partial charge in [0.2, 0.25) is 11.8 Å². The number of carbonyl (C=O) groups is 2. The lowest BCUT2D eigenvalue weighted by atomic mass is 10.1. The van der Waals surface area contributed by atoms with Crippen molar-refractivity contribution in [1.29, 1.82) is 0 Å². The number of hydrogen-bond acceptors (Lipinski definition) is 7. The first-order valence-corrected chi connectivity index (χ1v) is 9.64. The number of rotatable bonds is 5. The Morgan fingerprint density at radius 2 is 2.00 bits per heavy atom. The Bertz CT molecular complexity index is 934. The van der Waals surface area contributed by atoms with Crippen molar-refractivity contribution in [3.63, 3.8) is 0 Å². The quantitative estimate of drug-likeness (QED) is 0.822. The molecule has 0 unspecified atom stereocenters. The molecule has 0 saturated carbocycles. The molecule has 1 N–H and O–H groups in total. The number of carbonyl (C=O) groups excluding carboxylic acids is 2. The third-order valence-electron chi connectivity index (χ3n) is 4.81. The summed E-state index contributed by atoms with van der Waals surface area (Å²) in [6.45, 7) is 0. The van der Waals surface area contributed by atoms with Crippen LogP contribution < -0.4 is 19.5 Å². The third kappa shape index (κ3) is 2.82. The lowest BCUT2D eigenvalue weighted by molar-refractivity contribution is -0.119. The van der Waals surface area contributed by atoms with Gasteiger partial charge in [-0.3, -0.25) is 9.59 Å². The van der Waals surface area contributed by atoms with Crippen molar-refractivity contribution in [2.45, 2.75) is 11.4 Å². The van der Waals surface area contributed by atoms with Crippen molar-refractivity contribution in [2.75, 3.05) is 32.4 Å². The van der Waals surface area contributed by atoms with Gasteiger partial charge in [0.25, 0.3) is 5.91 Å². The van der Waals surface area contributed by atoms with Gasteiger partial charge >= 0.3 is 0 Å². The van der Waals surface area contributed by atoms with Crippen LogP contribution in [0.15, 0.2) is 30.5 Å². The minimum atomic E-state index is -0.590. The van der Waals surface area contributed by atoms with Gasteiger partial charge in [0.05, 0.1) is 38.8 Å². The number of methoxy groups -OCH3 is 3. The molecule has 146 valence electrons. The van der Waals surface area contributed by atoms with Gasteiger partial charge in [-0.15, -0.1) is 11.8 Å². The lowest BCUT2D eigenvalue weighted by Crippen LogP contribution is -2.42. The van der Waals surface area contributed by atoms with Crippen LogP contribution in [0.25, 0.3) is 0 Å². The summed E-state index contributed by atoms with van der Waals surface area (Å²) in [4.78, 5) is 31.7. The normalized spacial score (nSPS) is 19.8. The smallest absolute Gasteiger partial charge is 0.260 e. The summed E-state index contributed by atoms with van der Waals surface area (Å²) in [5.74, 6) is 1.38. The molecule has 1 saturated heterocycles. The highest BCUT2D eigenvalue weighted by Crippen LogP contribution is 2.52. The minimum Gasteiger partial charge on any atom is -0.493 e. The highest BCUT2D eigenvalue weighted by molar-refractivity contribution is 7.99. The Labute approximate surface area is 166 Å². The van der Waals surface area contributed by atoms with Crippen molar-refractivity contribution in [3.8, 4) is 17.4 Å². The maximum atomic E-state index is 13.1. The van der Waals surface area contributed by atoms with Crippen molar-refractivity contribution >= 4 is 29.3 Å². The molecule has 2 aromatic rings. The van der Waals surface area contributed by atoms with Crippen LogP contribution >= 0.6 is 11.8 Å². The van der Waals surface area contributed by atoms with Gasteiger partial charge < -0.3 is 24.4 Å². The van der Waals surface area contributed by atoms with Crippen LogP contribution in [0.4, 0.5) is 5.69 Å². The molecule has 8 nitrogen and oxygen atoms in total. The Hall–Kier alpha value is -2.94. The topological polar surface area (TPSA) is 90.0 Å². The molecule has 0 radical (unpaired) electrons. The highest BCUT2D eigenvalue weighted by Gasteiger charge is 2.50. The van der Waals surface area contributed by atoms with Crippen LogP contribution in [0, 0.1) is 0 Å². The predicted octanol–water partition coefficient (Wildman–Crippen LogP) is 2.32. The van der Waals surface area contributed by atoms with Gasteiger partial charge in [0.1, 0.15) is 11.4 Å². The molecule has 2 amide bonds. The fourth-order valence-corrected chi connectivity index (χ4v) is 4.95. The molecule has 0 aliphatic carbocycles. The number of benzene rings is 1. The summed E-state index contributed by atoms with van der Waals surface area (Å²) in [5, 5.41) is 2.61. The number of anilines is 1. The van der Waals surface area contributed by atoms with E-state index in [1.54, 1.807) is 34.9 Å². The van der Waals surface area contributed by atoms with E-state index in [0.29, 0.717) is 34.4 Å². The van der Waals surface area contributed by atoms with E-state index in [1.165, 1.54) is 27.5 Å². The van der Waals surface area contributed by atoms with Crippen LogP contribution in [0.2, 0.25) is 0 Å². The van der Waals surface area contributed by atoms with Crippen LogP contribution in [0.5, 0.6) is 17.4 Å². The van der Waals surface area contributed by atoms with Crippen LogP contribution in [-0.4, -0.2) is 54.8 Å². The first-order valence-electron chi connectivity index (χ1n) is 8.59. The molecule has 0 spiro atoms.